The molecule has 2 aromatic heterocycles. The number of fused-ring (bicyclic) bond motifs is 4. The molecule has 1 aliphatic carbocycles. The molecular formula is C40H30Cl4N14Na6O20S6. The maximum Gasteiger partial charge on any atom is 0.300 e. The van der Waals surface area contributed by atoms with Crippen molar-refractivity contribution in [3.63, 3.8) is 0 Å². The van der Waals surface area contributed by atoms with E-state index in [1.54, 1.807) is 0 Å². The van der Waals surface area contributed by atoms with Crippen molar-refractivity contribution in [1.82, 2.24) is 34.9 Å². The topological polar surface area (TPSA) is 523 Å². The zero-order valence-electron chi connectivity index (χ0n) is 46.5. The fourth-order valence-corrected chi connectivity index (χ4v) is 12.6. The van der Waals surface area contributed by atoms with Crippen LogP contribution in [0, 0.1) is 0 Å². The summed E-state index contributed by atoms with van der Waals surface area (Å²) in [6.07, 6.45) is 0. The molecule has 6 radical (unpaired) electrons. The molecule has 0 amide bonds. The van der Waals surface area contributed by atoms with E-state index in [2.05, 4.69) is 71.8 Å². The third kappa shape index (κ3) is 19.5. The zero-order chi connectivity index (χ0) is 61.2. The van der Waals surface area contributed by atoms with E-state index >= 15 is 0 Å². The molecule has 12 N–H and O–H groups in total. The van der Waals surface area contributed by atoms with Gasteiger partial charge in [0.05, 0.1) is 44.4 Å². The van der Waals surface area contributed by atoms with Crippen LogP contribution in [0.4, 0.5) is 52.2 Å². The van der Waals surface area contributed by atoms with Crippen LogP contribution in [-0.4, -0.2) is 316 Å². The molecule has 50 heteroatoms. The van der Waals surface area contributed by atoms with E-state index in [1.807, 2.05) is 0 Å². The molecule has 0 atom stereocenters. The van der Waals surface area contributed by atoms with Crippen LogP contribution in [0.25, 0.3) is 22.6 Å². The van der Waals surface area contributed by atoms with Crippen molar-refractivity contribution in [3.05, 3.63) is 86.6 Å². The van der Waals surface area contributed by atoms with Gasteiger partial charge in [0.15, 0.2) is 32.6 Å². The summed E-state index contributed by atoms with van der Waals surface area (Å²) in [6, 6.07) is 9.24. The first-order chi connectivity index (χ1) is 39.0. The van der Waals surface area contributed by atoms with Crippen molar-refractivity contribution in [2.45, 2.75) is 29.4 Å². The number of hydrogen-bond acceptors (Lipinski definition) is 28. The van der Waals surface area contributed by atoms with Crippen molar-refractivity contribution in [1.29, 1.82) is 0 Å². The first-order valence-corrected chi connectivity index (χ1v) is 32.3. The molecule has 0 saturated heterocycles. The van der Waals surface area contributed by atoms with E-state index < -0.39 is 135 Å². The number of rotatable bonds is 19. The van der Waals surface area contributed by atoms with Crippen LogP contribution in [0.1, 0.15) is 0 Å². The minimum absolute atomic E-state index is 0. The number of nitrogens with zero attached hydrogens (tertiary/aromatic N) is 8. The van der Waals surface area contributed by atoms with Gasteiger partial charge in [0, 0.05) is 197 Å². The minimum atomic E-state index is -5.22. The molecule has 0 spiro atoms. The van der Waals surface area contributed by atoms with Gasteiger partial charge >= 0.3 is 10.1 Å². The maximum atomic E-state index is 13.0. The predicted molar refractivity (Wildman–Crippen MR) is 329 cm³/mol. The Morgan fingerprint density at radius 1 is 0.478 bits per heavy atom. The van der Waals surface area contributed by atoms with Gasteiger partial charge in [-0.15, -0.1) is 0 Å². The van der Waals surface area contributed by atoms with Gasteiger partial charge in [-0.25, -0.2) is 4.98 Å². The Hall–Kier alpha value is -1.26. The van der Waals surface area contributed by atoms with Crippen molar-refractivity contribution >= 4 is 348 Å². The molecule has 4 heterocycles. The summed E-state index contributed by atoms with van der Waals surface area (Å²) in [5.74, 6) is -2.78. The molecule has 6 aromatic rings. The molecule has 0 saturated carbocycles. The summed E-state index contributed by atoms with van der Waals surface area (Å²) in [4.78, 5) is 26.7. The molecule has 2 aliphatic heterocycles. The summed E-state index contributed by atoms with van der Waals surface area (Å²) in [5, 5.41) is 14.0. The number of aromatic nitrogens is 7. The second kappa shape index (κ2) is 32.4. The zero-order valence-corrected chi connectivity index (χ0v) is 66.5. The molecule has 90 heavy (non-hydrogen) atoms. The Morgan fingerprint density at radius 2 is 0.944 bits per heavy atom. The van der Waals surface area contributed by atoms with Crippen molar-refractivity contribution in [2.75, 3.05) is 58.1 Å². The fourth-order valence-electron chi connectivity index (χ4n) is 7.64. The van der Waals surface area contributed by atoms with E-state index in [1.165, 1.54) is 18.2 Å². The van der Waals surface area contributed by atoms with Gasteiger partial charge in [-0.2, -0.15) is 80.4 Å². The molecule has 0 unspecified atom stereocenters. The quantitative estimate of drug-likeness (QED) is 0.0240. The van der Waals surface area contributed by atoms with E-state index in [4.69, 9.17) is 55.6 Å². The first kappa shape index (κ1) is 83.0. The molecular weight excluding hydrogens is 1470 g/mol. The molecule has 9 rings (SSSR count). The maximum absolute atomic E-state index is 13.0. The number of halogens is 4. The number of benzene rings is 5. The Bertz CT molecular complexity index is 4890. The Kier molecular flexibility index (Phi) is 29.9. The van der Waals surface area contributed by atoms with Gasteiger partial charge in [0.1, 0.15) is 36.7 Å². The smallest absolute Gasteiger partial charge is 0.300 e. The number of ether oxygens (including phenoxy) is 1. The SMILES string of the molecule is O=S(=O)(O)c1ccc(Nc2nc(Cl)nc(NCCN=c3ccc4nc5c(Cl)c6c(c(Cl)c5oc-4c3S(=O)(=O)O)Nc3ccc(NCCNc4nc(Cl)nc(Nc5ccc(S(=O)(=O)O)cc5S(=O)(=O)O)n4)c(S(=O)(=O)O)c3O6)n2)c(S(=O)(=O)O)c1.[Na].[Na].[Na].[Na].[Na].[Na]. The van der Waals surface area contributed by atoms with Crippen LogP contribution in [-0.2, 0) is 60.7 Å². The minimum Gasteiger partial charge on any atom is -0.450 e. The van der Waals surface area contributed by atoms with Crippen LogP contribution in [0.3, 0.4) is 0 Å². The second-order valence-corrected chi connectivity index (χ2v) is 26.4. The third-order valence-electron chi connectivity index (χ3n) is 11.0. The first-order valence-electron chi connectivity index (χ1n) is 22.2. The normalized spacial score (nSPS) is 12.3. The molecule has 34 nitrogen and oxygen atoms in total. The van der Waals surface area contributed by atoms with Crippen LogP contribution in [0.2, 0.25) is 20.6 Å². The molecule has 4 aromatic carbocycles. The van der Waals surface area contributed by atoms with Gasteiger partial charge in [-0.3, -0.25) is 32.3 Å². The van der Waals surface area contributed by atoms with E-state index in [0.717, 1.165) is 30.3 Å². The number of hydrogen-bond donors (Lipinski definition) is 12. The largest absolute Gasteiger partial charge is 0.450 e. The van der Waals surface area contributed by atoms with Gasteiger partial charge in [-0.1, -0.05) is 23.2 Å². The standard InChI is InChI=1S/C40H30Cl4N14O20S6.6Na/c41-25-28-32(78-30-20(50-28)6-8-22(34(30)84(74,75)76)46-10-12-48-38-54-36(44)56-40(58-38)52-18-4-2-16(80(62,63)64)14-24(18)82(68,69)70)26(42)27-31(25)77-29-19(49-27)5-7-21(33(29)83(71,72)73)45-9-11-47-37-53-35(43)55-39(57-37)51-17-3-1-15(79(59,60)61)13-23(17)81(65,66)67;;;;;;/h1-8,13-14,45,49H,9-12H2,(H,59,60,61)(H,62,63,64)(H,65,66,67)(H,68,69,70)(H,71,72,73)(H,74,75,76)(H2,47,51,53,55,57)(H2,48,52,54,56,58);;;;;;. The predicted octanol–water partition coefficient (Wildman–Crippen LogP) is 2.98. The summed E-state index contributed by atoms with van der Waals surface area (Å²) in [5.41, 5.74) is -2.31. The Labute approximate surface area is 661 Å². The van der Waals surface area contributed by atoms with Crippen molar-refractivity contribution in [2.24, 2.45) is 4.99 Å². The molecule has 0 bridgehead atoms. The molecule has 450 valence electrons. The summed E-state index contributed by atoms with van der Waals surface area (Å²) < 4.78 is 218. The summed E-state index contributed by atoms with van der Waals surface area (Å²) in [6.45, 7) is -0.790. The van der Waals surface area contributed by atoms with Gasteiger partial charge < -0.3 is 41.1 Å². The van der Waals surface area contributed by atoms with E-state index in [-0.39, 0.29) is 270 Å². The average molecular weight is 1500 g/mol. The van der Waals surface area contributed by atoms with Crippen molar-refractivity contribution < 1.29 is 87.0 Å². The van der Waals surface area contributed by atoms with Crippen LogP contribution < -0.4 is 42.0 Å². The Morgan fingerprint density at radius 3 is 1.42 bits per heavy atom. The summed E-state index contributed by atoms with van der Waals surface area (Å²) in [7, 11) is -30.4. The Balaban J connectivity index is 0.00000353. The van der Waals surface area contributed by atoms with Gasteiger partial charge in [0.2, 0.25) is 34.4 Å². The van der Waals surface area contributed by atoms with Gasteiger partial charge in [-0.05, 0) is 83.9 Å². The molecule has 0 fully saturated rings. The number of anilines is 9. The van der Waals surface area contributed by atoms with Gasteiger partial charge in [0.25, 0.3) is 50.6 Å². The second-order valence-electron chi connectivity index (χ2n) is 16.6. The van der Waals surface area contributed by atoms with E-state index in [9.17, 15) is 77.8 Å². The monoisotopic (exact) mass is 1500 g/mol. The number of nitrogens with one attached hydrogen (secondary N) is 6. The van der Waals surface area contributed by atoms with Crippen LogP contribution >= 0.6 is 46.4 Å². The van der Waals surface area contributed by atoms with Crippen LogP contribution in [0.15, 0.2) is 99.4 Å². The van der Waals surface area contributed by atoms with Crippen molar-refractivity contribution in [3.8, 4) is 23.0 Å². The molecule has 3 aliphatic rings. The van der Waals surface area contributed by atoms with Crippen LogP contribution in [0.5, 0.6) is 11.5 Å². The summed E-state index contributed by atoms with van der Waals surface area (Å²) >= 11 is 25.7. The fraction of sp³-hybridized carbons (Fsp3) is 0.100. The average Bonchev–Trinajstić information content (AvgIpc) is 1.30. The van der Waals surface area contributed by atoms with E-state index in [0.29, 0.717) is 12.1 Å². The third-order valence-corrected chi connectivity index (χ3v) is 17.4.